The highest BCUT2D eigenvalue weighted by Gasteiger charge is 2.44. The second-order valence-corrected chi connectivity index (χ2v) is 11.7. The number of fused-ring (bicyclic) bond motifs is 6. The summed E-state index contributed by atoms with van der Waals surface area (Å²) in [6.07, 6.45) is 10.6. The molecule has 0 saturated carbocycles. The Hall–Kier alpha value is -4.24. The van der Waals surface area contributed by atoms with Gasteiger partial charge in [0.25, 0.3) is 0 Å². The van der Waals surface area contributed by atoms with Crippen molar-refractivity contribution in [2.45, 2.75) is 45.4 Å². The lowest BCUT2D eigenvalue weighted by Gasteiger charge is -2.24. The van der Waals surface area contributed by atoms with E-state index < -0.39 is 0 Å². The Kier molecular flexibility index (Phi) is 5.73. The van der Waals surface area contributed by atoms with Crippen LogP contribution in [0.15, 0.2) is 109 Å². The molecule has 0 radical (unpaired) electrons. The Morgan fingerprint density at radius 2 is 1.36 bits per heavy atom. The summed E-state index contributed by atoms with van der Waals surface area (Å²) in [6.45, 7) is 10.7. The monoisotopic (exact) mass is 511 g/mol. The molecular weight excluding hydrogens is 476 g/mol. The van der Waals surface area contributed by atoms with Crippen LogP contribution in [0.5, 0.6) is 0 Å². The van der Waals surface area contributed by atoms with Crippen LogP contribution in [0.4, 0.5) is 11.4 Å². The first-order valence-corrected chi connectivity index (χ1v) is 13.7. The van der Waals surface area contributed by atoms with Crippen LogP contribution in [0.1, 0.15) is 45.7 Å². The molecule has 4 aromatic carbocycles. The van der Waals surface area contributed by atoms with Gasteiger partial charge in [-0.25, -0.2) is 0 Å². The average molecular weight is 512 g/mol. The van der Waals surface area contributed by atoms with E-state index in [0.29, 0.717) is 0 Å². The third-order valence-electron chi connectivity index (χ3n) is 8.59. The van der Waals surface area contributed by atoms with E-state index in [1.807, 2.05) is 4.90 Å². The predicted octanol–water partition coefficient (Wildman–Crippen LogP) is 8.34. The zero-order valence-corrected chi connectivity index (χ0v) is 23.6. The van der Waals surface area contributed by atoms with Crippen molar-refractivity contribution in [1.82, 2.24) is 0 Å². The van der Waals surface area contributed by atoms with Gasteiger partial charge in [-0.05, 0) is 59.2 Å². The van der Waals surface area contributed by atoms with Crippen molar-refractivity contribution < 1.29 is 9.37 Å². The van der Waals surface area contributed by atoms with E-state index in [-0.39, 0.29) is 16.7 Å². The lowest BCUT2D eigenvalue weighted by molar-refractivity contribution is -0.401. The molecule has 2 aliphatic heterocycles. The fourth-order valence-electron chi connectivity index (χ4n) is 6.81. The summed E-state index contributed by atoms with van der Waals surface area (Å²) in [6, 6.07) is 25.7. The van der Waals surface area contributed by atoms with Gasteiger partial charge in [-0.3, -0.25) is 9.69 Å². The first-order valence-electron chi connectivity index (χ1n) is 13.7. The van der Waals surface area contributed by atoms with Gasteiger partial charge in [-0.1, -0.05) is 86.7 Å². The minimum atomic E-state index is -0.305. The molecule has 0 aromatic heterocycles. The summed E-state index contributed by atoms with van der Waals surface area (Å²) < 4.78 is 2.31. The Morgan fingerprint density at radius 1 is 0.744 bits per heavy atom. The summed E-state index contributed by atoms with van der Waals surface area (Å²) in [4.78, 5) is 14.7. The number of carbonyl (C=O) groups is 1. The smallest absolute Gasteiger partial charge is 0.228 e. The van der Waals surface area contributed by atoms with Crippen molar-refractivity contribution in [3.63, 3.8) is 0 Å². The molecule has 3 heteroatoms. The molecule has 0 atom stereocenters. The molecule has 0 saturated heterocycles. The van der Waals surface area contributed by atoms with E-state index in [1.54, 1.807) is 6.92 Å². The lowest BCUT2D eigenvalue weighted by atomic mass is 9.79. The molecule has 6 rings (SSSR count). The van der Waals surface area contributed by atoms with Gasteiger partial charge in [-0.2, -0.15) is 4.58 Å². The van der Waals surface area contributed by atoms with Crippen LogP contribution >= 0.6 is 0 Å². The van der Waals surface area contributed by atoms with E-state index in [9.17, 15) is 4.79 Å². The fraction of sp³-hybridized carbons (Fsp3) is 0.222. The average Bonchev–Trinajstić information content (AvgIpc) is 3.27. The molecular formula is C36H35N2O+. The Bertz CT molecular complexity index is 1800. The summed E-state index contributed by atoms with van der Waals surface area (Å²) in [5.41, 5.74) is 6.67. The Balaban J connectivity index is 1.34. The van der Waals surface area contributed by atoms with Crippen molar-refractivity contribution in [2.24, 2.45) is 0 Å². The molecule has 4 aromatic rings. The second kappa shape index (κ2) is 8.91. The number of benzene rings is 4. The van der Waals surface area contributed by atoms with Gasteiger partial charge in [0.15, 0.2) is 5.71 Å². The minimum absolute atomic E-state index is 0.0298. The van der Waals surface area contributed by atoms with Crippen molar-refractivity contribution in [3.05, 3.63) is 120 Å². The second-order valence-electron chi connectivity index (χ2n) is 11.7. The van der Waals surface area contributed by atoms with Crippen molar-refractivity contribution in [2.75, 3.05) is 11.9 Å². The zero-order chi connectivity index (χ0) is 27.5. The molecule has 0 spiro atoms. The third-order valence-corrected chi connectivity index (χ3v) is 8.59. The predicted molar refractivity (Wildman–Crippen MR) is 164 cm³/mol. The number of amides is 1. The fourth-order valence-corrected chi connectivity index (χ4v) is 6.81. The van der Waals surface area contributed by atoms with Gasteiger partial charge < -0.3 is 0 Å². The SMILES string of the molecule is CC(=O)N1C(=CC=CC=CC2=[N+](C)c3ccc4ccccc4c3C2(C)C)C(C)(C)c2c1ccc1ccccc21. The first-order chi connectivity index (χ1) is 18.6. The first kappa shape index (κ1) is 25.1. The van der Waals surface area contributed by atoms with E-state index in [2.05, 4.69) is 142 Å². The molecule has 0 bridgehead atoms. The largest absolute Gasteiger partial charge is 0.284 e. The molecule has 0 unspecified atom stereocenters. The number of hydrogen-bond acceptors (Lipinski definition) is 1. The van der Waals surface area contributed by atoms with E-state index in [0.717, 1.165) is 11.4 Å². The van der Waals surface area contributed by atoms with Crippen molar-refractivity contribution in [1.29, 1.82) is 0 Å². The highest BCUT2D eigenvalue weighted by atomic mass is 16.2. The maximum absolute atomic E-state index is 12.9. The van der Waals surface area contributed by atoms with Gasteiger partial charge in [-0.15, -0.1) is 0 Å². The number of hydrogen-bond donors (Lipinski definition) is 0. The minimum Gasteiger partial charge on any atom is -0.284 e. The number of rotatable bonds is 3. The molecule has 2 aliphatic rings. The van der Waals surface area contributed by atoms with Crippen LogP contribution in [-0.2, 0) is 15.6 Å². The highest BCUT2D eigenvalue weighted by Crippen LogP contribution is 2.50. The molecule has 39 heavy (non-hydrogen) atoms. The maximum atomic E-state index is 12.9. The number of nitrogens with zero attached hydrogens (tertiary/aromatic N) is 2. The Morgan fingerprint density at radius 3 is 2.03 bits per heavy atom. The van der Waals surface area contributed by atoms with Crippen LogP contribution in [0, 0.1) is 0 Å². The summed E-state index contributed by atoms with van der Waals surface area (Å²) in [5, 5.41) is 4.99. The molecule has 3 nitrogen and oxygen atoms in total. The molecule has 194 valence electrons. The quantitative estimate of drug-likeness (QED) is 0.200. The highest BCUT2D eigenvalue weighted by molar-refractivity contribution is 6.08. The summed E-state index contributed by atoms with van der Waals surface area (Å²) in [7, 11) is 2.15. The molecule has 0 aliphatic carbocycles. The third kappa shape index (κ3) is 3.71. The lowest BCUT2D eigenvalue weighted by Crippen LogP contribution is -2.29. The van der Waals surface area contributed by atoms with Crippen LogP contribution in [0.2, 0.25) is 0 Å². The van der Waals surface area contributed by atoms with Crippen LogP contribution < -0.4 is 4.90 Å². The van der Waals surface area contributed by atoms with E-state index in [4.69, 9.17) is 0 Å². The number of anilines is 1. The zero-order valence-electron chi connectivity index (χ0n) is 23.6. The van der Waals surface area contributed by atoms with Crippen molar-refractivity contribution in [3.8, 4) is 0 Å². The topological polar surface area (TPSA) is 23.3 Å². The molecule has 0 N–H and O–H groups in total. The van der Waals surface area contributed by atoms with Crippen LogP contribution in [0.3, 0.4) is 0 Å². The summed E-state index contributed by atoms with van der Waals surface area (Å²) >= 11 is 0. The van der Waals surface area contributed by atoms with Gasteiger partial charge in [0.1, 0.15) is 7.05 Å². The number of allylic oxidation sites excluding steroid dienone is 6. The van der Waals surface area contributed by atoms with Gasteiger partial charge in [0.05, 0.1) is 11.1 Å². The normalized spacial score (nSPS) is 18.7. The standard InChI is InChI=1S/C36H35N2O/c1-24(39)38-30-23-21-26-15-11-13-17-28(26)34(30)36(4,5)32(38)19-9-7-8-18-31-35(2,3)33-27-16-12-10-14-25(27)20-22-29(33)37(31)6/h7-23H,1-6H3/q+1. The van der Waals surface area contributed by atoms with Gasteiger partial charge >= 0.3 is 0 Å². The maximum Gasteiger partial charge on any atom is 0.228 e. The number of carbonyl (C=O) groups excluding carboxylic acids is 1. The molecule has 1 amide bonds. The van der Waals surface area contributed by atoms with Crippen LogP contribution in [-0.4, -0.2) is 23.2 Å². The molecule has 2 heterocycles. The van der Waals surface area contributed by atoms with Gasteiger partial charge in [0.2, 0.25) is 11.6 Å². The van der Waals surface area contributed by atoms with Crippen molar-refractivity contribution >= 4 is 44.5 Å². The van der Waals surface area contributed by atoms with E-state index in [1.165, 1.54) is 44.1 Å². The van der Waals surface area contributed by atoms with E-state index >= 15 is 0 Å². The molecule has 0 fully saturated rings. The van der Waals surface area contributed by atoms with Crippen LogP contribution in [0.25, 0.3) is 21.5 Å². The summed E-state index contributed by atoms with van der Waals surface area (Å²) in [5.74, 6) is 0.0298. The van der Waals surface area contributed by atoms with Gasteiger partial charge in [0, 0.05) is 35.7 Å². The Labute approximate surface area is 231 Å².